The van der Waals surface area contributed by atoms with E-state index < -0.39 is 21.3 Å². The molecule has 0 spiro atoms. The molecule has 1 heterocycles. The molecule has 10 heteroatoms. The van der Waals surface area contributed by atoms with Crippen molar-refractivity contribution in [1.29, 1.82) is 0 Å². The third-order valence-electron chi connectivity index (χ3n) is 5.55. The Hall–Kier alpha value is -2.13. The maximum atomic E-state index is 12.0. The van der Waals surface area contributed by atoms with Crippen molar-refractivity contribution in [3.8, 4) is 0 Å². The predicted octanol–water partition coefficient (Wildman–Crippen LogP) is 4.12. The monoisotopic (exact) mass is 483 g/mol. The molecule has 166 valence electrons. The Kier molecular flexibility index (Phi) is 6.40. The van der Waals surface area contributed by atoms with Crippen molar-refractivity contribution in [2.45, 2.75) is 30.7 Å². The lowest BCUT2D eigenvalue weighted by molar-refractivity contribution is -0.149. The minimum atomic E-state index is -3.26. The fraction of sp³-hybridized carbons (Fsp3) is 0.333. The number of fused-ring (bicyclic) bond motifs is 1. The van der Waals surface area contributed by atoms with Gasteiger partial charge in [0.1, 0.15) is 16.9 Å². The highest BCUT2D eigenvalue weighted by atomic mass is 35.5. The Labute approximate surface area is 190 Å². The van der Waals surface area contributed by atoms with Crippen LogP contribution in [-0.2, 0) is 26.6 Å². The third-order valence-corrected chi connectivity index (χ3v) is 7.97. The van der Waals surface area contributed by atoms with E-state index in [2.05, 4.69) is 9.97 Å². The number of hydrogen-bond acceptors (Lipinski definition) is 5. The van der Waals surface area contributed by atoms with Crippen LogP contribution in [0, 0.1) is 0 Å². The van der Waals surface area contributed by atoms with Gasteiger partial charge in [0.15, 0.2) is 9.84 Å². The molecule has 0 aliphatic carbocycles. The fourth-order valence-electron chi connectivity index (χ4n) is 3.36. The first-order chi connectivity index (χ1) is 14.4. The highest BCUT2D eigenvalue weighted by molar-refractivity contribution is 7.91. The summed E-state index contributed by atoms with van der Waals surface area (Å²) < 4.78 is 24.0. The van der Waals surface area contributed by atoms with Crippen LogP contribution in [0.4, 0.5) is 0 Å². The number of imidazole rings is 1. The summed E-state index contributed by atoms with van der Waals surface area (Å²) in [4.78, 5) is 21.6. The molecule has 31 heavy (non-hydrogen) atoms. The fourth-order valence-corrected chi connectivity index (χ4v) is 5.11. The van der Waals surface area contributed by atoms with Crippen molar-refractivity contribution in [1.82, 2.24) is 14.9 Å². The number of likely N-dealkylation sites (N-methyl/N-ethyl adjacent to an activating group) is 1. The van der Waals surface area contributed by atoms with E-state index in [4.69, 9.17) is 23.2 Å². The number of H-pyrrole nitrogens is 1. The molecule has 7 nitrogen and oxygen atoms in total. The molecule has 2 N–H and O–H groups in total. The van der Waals surface area contributed by atoms with E-state index in [0.717, 1.165) is 5.56 Å². The van der Waals surface area contributed by atoms with Gasteiger partial charge in [-0.05, 0) is 44.8 Å². The van der Waals surface area contributed by atoms with Gasteiger partial charge in [0, 0.05) is 17.0 Å². The number of halogens is 2. The van der Waals surface area contributed by atoms with E-state index >= 15 is 0 Å². The van der Waals surface area contributed by atoms with Crippen molar-refractivity contribution in [2.75, 3.05) is 19.8 Å². The maximum Gasteiger partial charge on any atom is 0.328 e. The van der Waals surface area contributed by atoms with Crippen LogP contribution in [0.25, 0.3) is 11.0 Å². The second-order valence-corrected chi connectivity index (χ2v) is 10.7. The van der Waals surface area contributed by atoms with Gasteiger partial charge in [-0.2, -0.15) is 0 Å². The van der Waals surface area contributed by atoms with Crippen molar-refractivity contribution in [3.63, 3.8) is 0 Å². The van der Waals surface area contributed by atoms with Gasteiger partial charge in [0.05, 0.1) is 21.2 Å². The molecule has 0 amide bonds. The Balaban J connectivity index is 2.03. The van der Waals surface area contributed by atoms with Crippen molar-refractivity contribution < 1.29 is 18.3 Å². The van der Waals surface area contributed by atoms with Crippen LogP contribution < -0.4 is 0 Å². The number of nitrogens with zero attached hydrogens (tertiary/aromatic N) is 2. The maximum absolute atomic E-state index is 12.0. The van der Waals surface area contributed by atoms with Gasteiger partial charge >= 0.3 is 5.97 Å². The number of benzene rings is 2. The number of carboxylic acids is 1. The number of aromatic nitrogens is 2. The summed E-state index contributed by atoms with van der Waals surface area (Å²) in [6.07, 6.45) is 0.411. The van der Waals surface area contributed by atoms with Gasteiger partial charge in [-0.15, -0.1) is 0 Å². The third kappa shape index (κ3) is 4.17. The standard InChI is InChI=1S/C21H23Cl2N3O4S/c1-5-31(29,30)13-8-6-12(7-9-13)10-16-24-15-11-14(22)17(18(23)19(15)25-16)21(2,20(27)28)26(3)4/h6-9,11H,5,10H2,1-4H3,(H,24,25)(H,27,28)/t21-/m1/s1. The van der Waals surface area contributed by atoms with E-state index in [1.54, 1.807) is 51.4 Å². The molecule has 0 saturated heterocycles. The number of sulfone groups is 1. The van der Waals surface area contributed by atoms with Crippen LogP contribution >= 0.6 is 23.2 Å². The van der Waals surface area contributed by atoms with Crippen molar-refractivity contribution in [2.24, 2.45) is 0 Å². The zero-order valence-electron chi connectivity index (χ0n) is 17.5. The van der Waals surface area contributed by atoms with Gasteiger partial charge in [-0.25, -0.2) is 18.2 Å². The molecule has 2 aromatic carbocycles. The summed E-state index contributed by atoms with van der Waals surface area (Å²) in [5.74, 6) is -0.448. The first-order valence-electron chi connectivity index (χ1n) is 9.51. The van der Waals surface area contributed by atoms with Crippen LogP contribution in [0.1, 0.15) is 30.8 Å². The Morgan fingerprint density at radius 1 is 1.23 bits per heavy atom. The minimum Gasteiger partial charge on any atom is -0.480 e. The van der Waals surface area contributed by atoms with Gasteiger partial charge < -0.3 is 10.1 Å². The molecule has 3 aromatic rings. The first-order valence-corrected chi connectivity index (χ1v) is 11.9. The average molecular weight is 484 g/mol. The quantitative estimate of drug-likeness (QED) is 0.523. The van der Waals surface area contributed by atoms with Gasteiger partial charge in [-0.1, -0.05) is 42.3 Å². The van der Waals surface area contributed by atoms with Crippen molar-refractivity contribution in [3.05, 3.63) is 57.3 Å². The lowest BCUT2D eigenvalue weighted by Gasteiger charge is -2.33. The number of aliphatic carboxylic acids is 1. The van der Waals surface area contributed by atoms with Gasteiger partial charge in [0.2, 0.25) is 0 Å². The Morgan fingerprint density at radius 2 is 1.84 bits per heavy atom. The van der Waals surface area contributed by atoms with Crippen LogP contribution in [0.15, 0.2) is 35.2 Å². The van der Waals surface area contributed by atoms with E-state index in [0.29, 0.717) is 23.3 Å². The molecule has 0 saturated carbocycles. The molecule has 1 atom stereocenters. The van der Waals surface area contributed by atoms with Gasteiger partial charge in [0.25, 0.3) is 0 Å². The SMILES string of the molecule is CCS(=O)(=O)c1ccc(Cc2nc3c(Cl)c([C@](C)(C(=O)O)N(C)C)c(Cl)cc3[nH]2)cc1. The zero-order chi connectivity index (χ0) is 23.1. The summed E-state index contributed by atoms with van der Waals surface area (Å²) in [5, 5.41) is 10.2. The molecule has 0 radical (unpaired) electrons. The number of nitrogens with one attached hydrogen (secondary N) is 1. The number of rotatable bonds is 7. The van der Waals surface area contributed by atoms with Crippen LogP contribution in [0.5, 0.6) is 0 Å². The van der Waals surface area contributed by atoms with E-state index in [1.165, 1.54) is 11.8 Å². The summed E-state index contributed by atoms with van der Waals surface area (Å²) >= 11 is 13.0. The highest BCUT2D eigenvalue weighted by Crippen LogP contribution is 2.41. The number of carboxylic acid groups (broad SMARTS) is 1. The van der Waals surface area contributed by atoms with E-state index in [1.807, 2.05) is 0 Å². The highest BCUT2D eigenvalue weighted by Gasteiger charge is 2.42. The van der Waals surface area contributed by atoms with Crippen LogP contribution in [-0.4, -0.2) is 54.2 Å². The molecule has 0 fully saturated rings. The lowest BCUT2D eigenvalue weighted by Crippen LogP contribution is -2.46. The molecule has 3 rings (SSSR count). The van der Waals surface area contributed by atoms with Crippen LogP contribution in [0.3, 0.4) is 0 Å². The number of hydrogen-bond donors (Lipinski definition) is 2. The molecule has 0 aliphatic rings. The normalized spacial score (nSPS) is 14.2. The molecular weight excluding hydrogens is 461 g/mol. The molecule has 0 unspecified atom stereocenters. The summed E-state index contributed by atoms with van der Waals surface area (Å²) in [5.41, 5.74) is 0.705. The molecule has 0 bridgehead atoms. The van der Waals surface area contributed by atoms with E-state index in [9.17, 15) is 18.3 Å². The minimum absolute atomic E-state index is 0.0414. The van der Waals surface area contributed by atoms with E-state index in [-0.39, 0.29) is 26.3 Å². The number of aromatic amines is 1. The number of carbonyl (C=O) groups is 1. The van der Waals surface area contributed by atoms with Crippen LogP contribution in [0.2, 0.25) is 10.0 Å². The Morgan fingerprint density at radius 3 is 2.35 bits per heavy atom. The topological polar surface area (TPSA) is 103 Å². The largest absolute Gasteiger partial charge is 0.480 e. The van der Waals surface area contributed by atoms with Gasteiger partial charge in [-0.3, -0.25) is 4.90 Å². The second kappa shape index (κ2) is 8.43. The molecule has 0 aliphatic heterocycles. The predicted molar refractivity (Wildman–Crippen MR) is 122 cm³/mol. The average Bonchev–Trinajstić information content (AvgIpc) is 3.10. The molecule has 1 aromatic heterocycles. The zero-order valence-corrected chi connectivity index (χ0v) is 19.9. The summed E-state index contributed by atoms with van der Waals surface area (Å²) in [6.45, 7) is 3.14. The van der Waals surface area contributed by atoms with Crippen molar-refractivity contribution >= 4 is 50.0 Å². The lowest BCUT2D eigenvalue weighted by atomic mass is 9.90. The smallest absolute Gasteiger partial charge is 0.328 e. The summed E-state index contributed by atoms with van der Waals surface area (Å²) in [7, 11) is 0.0253. The summed E-state index contributed by atoms with van der Waals surface area (Å²) in [6, 6.07) is 8.26. The Bertz CT molecular complexity index is 1250. The first kappa shape index (κ1) is 23.5. The second-order valence-electron chi connectivity index (χ2n) is 7.62. The molecular formula is C21H23Cl2N3O4S.